The van der Waals surface area contributed by atoms with E-state index >= 15 is 0 Å². The summed E-state index contributed by atoms with van der Waals surface area (Å²) >= 11 is 0. The maximum absolute atomic E-state index is 12.2. The molecule has 0 bridgehead atoms. The Labute approximate surface area is 124 Å². The van der Waals surface area contributed by atoms with Crippen LogP contribution in [0.3, 0.4) is 0 Å². The van der Waals surface area contributed by atoms with Crippen LogP contribution in [0, 0.1) is 0 Å². The van der Waals surface area contributed by atoms with E-state index in [-0.39, 0.29) is 29.5 Å². The maximum atomic E-state index is 12.2. The Kier molecular flexibility index (Phi) is 4.68. The van der Waals surface area contributed by atoms with Crippen LogP contribution in [-0.4, -0.2) is 17.5 Å². The summed E-state index contributed by atoms with van der Waals surface area (Å²) in [5, 5.41) is 0. The third-order valence-electron chi connectivity index (χ3n) is 3.59. The SMILES string of the molecule is CCCCC(=O)C1=C(C)N(c2ccccc2)C(=O)CC1=O. The number of amides is 1. The van der Waals surface area contributed by atoms with Crippen LogP contribution in [0.25, 0.3) is 0 Å². The Morgan fingerprint density at radius 2 is 1.86 bits per heavy atom. The molecule has 0 aromatic heterocycles. The van der Waals surface area contributed by atoms with Crippen LogP contribution in [0.1, 0.15) is 39.5 Å². The number of hydrogen-bond acceptors (Lipinski definition) is 3. The number of anilines is 1. The number of rotatable bonds is 5. The number of unbranched alkanes of at least 4 members (excludes halogenated alkanes) is 1. The van der Waals surface area contributed by atoms with Gasteiger partial charge >= 0.3 is 0 Å². The summed E-state index contributed by atoms with van der Waals surface area (Å²) in [5.74, 6) is -0.797. The van der Waals surface area contributed by atoms with Gasteiger partial charge in [-0.25, -0.2) is 0 Å². The summed E-state index contributed by atoms with van der Waals surface area (Å²) in [6.45, 7) is 3.66. The van der Waals surface area contributed by atoms with Crippen LogP contribution in [-0.2, 0) is 14.4 Å². The van der Waals surface area contributed by atoms with Crippen molar-refractivity contribution in [1.29, 1.82) is 0 Å². The lowest BCUT2D eigenvalue weighted by Gasteiger charge is -2.29. The molecule has 1 heterocycles. The molecule has 1 aliphatic rings. The highest BCUT2D eigenvalue weighted by atomic mass is 16.2. The molecule has 0 saturated carbocycles. The van der Waals surface area contributed by atoms with Gasteiger partial charge < -0.3 is 0 Å². The lowest BCUT2D eigenvalue weighted by Crippen LogP contribution is -2.39. The summed E-state index contributed by atoms with van der Waals surface area (Å²) in [4.78, 5) is 37.9. The number of carbonyl (C=O) groups excluding carboxylic acids is 3. The summed E-state index contributed by atoms with van der Waals surface area (Å²) in [6.07, 6.45) is 1.76. The molecule has 0 fully saturated rings. The van der Waals surface area contributed by atoms with E-state index in [0.29, 0.717) is 17.8 Å². The molecular formula is C17H19NO3. The lowest BCUT2D eigenvalue weighted by atomic mass is 9.94. The van der Waals surface area contributed by atoms with Gasteiger partial charge in [-0.3, -0.25) is 19.3 Å². The predicted octanol–water partition coefficient (Wildman–Crippen LogP) is 3.03. The van der Waals surface area contributed by atoms with E-state index in [1.54, 1.807) is 19.1 Å². The number of Topliss-reactive ketones (excluding diaryl/α,β-unsaturated/α-hetero) is 2. The highest BCUT2D eigenvalue weighted by Gasteiger charge is 2.33. The average molecular weight is 285 g/mol. The minimum atomic E-state index is -0.356. The first-order valence-corrected chi connectivity index (χ1v) is 7.21. The molecule has 0 N–H and O–H groups in total. The van der Waals surface area contributed by atoms with Crippen LogP contribution < -0.4 is 4.90 Å². The Bertz CT molecular complexity index is 602. The summed E-state index contributed by atoms with van der Waals surface area (Å²) in [5.41, 5.74) is 1.32. The number of hydrogen-bond donors (Lipinski definition) is 0. The highest BCUT2D eigenvalue weighted by Crippen LogP contribution is 2.28. The minimum absolute atomic E-state index is 0.159. The van der Waals surface area contributed by atoms with E-state index in [9.17, 15) is 14.4 Å². The number of benzene rings is 1. The van der Waals surface area contributed by atoms with Gasteiger partial charge in [0.1, 0.15) is 0 Å². The molecule has 1 amide bonds. The molecule has 4 heteroatoms. The van der Waals surface area contributed by atoms with Gasteiger partial charge in [-0.05, 0) is 25.5 Å². The highest BCUT2D eigenvalue weighted by molar-refractivity contribution is 6.29. The molecule has 21 heavy (non-hydrogen) atoms. The quantitative estimate of drug-likeness (QED) is 0.617. The first-order chi connectivity index (χ1) is 10.1. The van der Waals surface area contributed by atoms with Crippen molar-refractivity contribution in [1.82, 2.24) is 0 Å². The van der Waals surface area contributed by atoms with Crippen molar-refractivity contribution < 1.29 is 14.4 Å². The van der Waals surface area contributed by atoms with Crippen molar-refractivity contribution in [3.8, 4) is 0 Å². The molecule has 0 spiro atoms. The molecule has 0 atom stereocenters. The molecule has 110 valence electrons. The van der Waals surface area contributed by atoms with Gasteiger partial charge in [0.05, 0.1) is 12.0 Å². The zero-order valence-corrected chi connectivity index (χ0v) is 12.4. The van der Waals surface area contributed by atoms with Gasteiger partial charge in [-0.2, -0.15) is 0 Å². The Balaban J connectivity index is 2.41. The van der Waals surface area contributed by atoms with E-state index in [0.717, 1.165) is 12.8 Å². The van der Waals surface area contributed by atoms with E-state index in [1.807, 2.05) is 25.1 Å². The smallest absolute Gasteiger partial charge is 0.239 e. The molecule has 2 rings (SSSR count). The molecule has 1 aromatic carbocycles. The zero-order chi connectivity index (χ0) is 15.4. The van der Waals surface area contributed by atoms with E-state index in [1.165, 1.54) is 4.90 Å². The van der Waals surface area contributed by atoms with Crippen molar-refractivity contribution in [2.24, 2.45) is 0 Å². The number of para-hydroxylation sites is 1. The standard InChI is InChI=1S/C17H19NO3/c1-3-4-10-14(19)17-12(2)18(16(21)11-15(17)20)13-8-6-5-7-9-13/h5-9H,3-4,10-11H2,1-2H3. The lowest BCUT2D eigenvalue weighted by molar-refractivity contribution is -0.127. The molecule has 1 aromatic rings. The number of allylic oxidation sites excluding steroid dienone is 2. The number of nitrogens with zero attached hydrogens (tertiary/aromatic N) is 1. The van der Waals surface area contributed by atoms with Crippen molar-refractivity contribution in [2.45, 2.75) is 39.5 Å². The normalized spacial score (nSPS) is 15.6. The molecule has 0 radical (unpaired) electrons. The Morgan fingerprint density at radius 1 is 1.19 bits per heavy atom. The van der Waals surface area contributed by atoms with Crippen LogP contribution in [0.15, 0.2) is 41.6 Å². The molecule has 0 saturated heterocycles. The third kappa shape index (κ3) is 3.10. The molecule has 0 unspecified atom stereocenters. The first kappa shape index (κ1) is 15.2. The number of carbonyl (C=O) groups is 3. The van der Waals surface area contributed by atoms with Crippen molar-refractivity contribution in [3.63, 3.8) is 0 Å². The molecule has 4 nitrogen and oxygen atoms in total. The van der Waals surface area contributed by atoms with Crippen molar-refractivity contribution in [3.05, 3.63) is 41.6 Å². The summed E-state index contributed by atoms with van der Waals surface area (Å²) < 4.78 is 0. The Morgan fingerprint density at radius 3 is 2.48 bits per heavy atom. The predicted molar refractivity (Wildman–Crippen MR) is 80.8 cm³/mol. The second-order valence-corrected chi connectivity index (χ2v) is 5.15. The van der Waals surface area contributed by atoms with Gasteiger partial charge in [-0.15, -0.1) is 0 Å². The van der Waals surface area contributed by atoms with Crippen LogP contribution >= 0.6 is 0 Å². The van der Waals surface area contributed by atoms with Crippen LogP contribution in [0.2, 0.25) is 0 Å². The fourth-order valence-electron chi connectivity index (χ4n) is 2.54. The monoisotopic (exact) mass is 285 g/mol. The van der Waals surface area contributed by atoms with Crippen molar-refractivity contribution in [2.75, 3.05) is 4.90 Å². The minimum Gasteiger partial charge on any atom is -0.294 e. The molecule has 0 aliphatic carbocycles. The second kappa shape index (κ2) is 6.48. The first-order valence-electron chi connectivity index (χ1n) is 7.21. The molecule has 1 aliphatic heterocycles. The fourth-order valence-corrected chi connectivity index (χ4v) is 2.54. The average Bonchev–Trinajstić information content (AvgIpc) is 2.45. The summed E-state index contributed by atoms with van der Waals surface area (Å²) in [7, 11) is 0. The van der Waals surface area contributed by atoms with E-state index < -0.39 is 0 Å². The number of ketones is 2. The largest absolute Gasteiger partial charge is 0.294 e. The topological polar surface area (TPSA) is 54.5 Å². The summed E-state index contributed by atoms with van der Waals surface area (Å²) in [6, 6.07) is 9.10. The van der Waals surface area contributed by atoms with E-state index in [4.69, 9.17) is 0 Å². The van der Waals surface area contributed by atoms with E-state index in [2.05, 4.69) is 0 Å². The van der Waals surface area contributed by atoms with Gasteiger partial charge in [0.25, 0.3) is 0 Å². The fraction of sp³-hybridized carbons (Fsp3) is 0.353. The van der Waals surface area contributed by atoms with Crippen LogP contribution in [0.5, 0.6) is 0 Å². The van der Waals surface area contributed by atoms with Crippen LogP contribution in [0.4, 0.5) is 5.69 Å². The van der Waals surface area contributed by atoms with Gasteiger partial charge in [0.2, 0.25) is 5.91 Å². The maximum Gasteiger partial charge on any atom is 0.239 e. The Hall–Kier alpha value is -2.23. The second-order valence-electron chi connectivity index (χ2n) is 5.15. The van der Waals surface area contributed by atoms with Gasteiger partial charge in [0.15, 0.2) is 11.6 Å². The van der Waals surface area contributed by atoms with Gasteiger partial charge in [-0.1, -0.05) is 31.5 Å². The molecular weight excluding hydrogens is 266 g/mol. The third-order valence-corrected chi connectivity index (χ3v) is 3.59. The van der Waals surface area contributed by atoms with Gasteiger partial charge in [0, 0.05) is 17.8 Å². The zero-order valence-electron chi connectivity index (χ0n) is 12.4. The van der Waals surface area contributed by atoms with Crippen molar-refractivity contribution >= 4 is 23.2 Å².